The van der Waals surface area contributed by atoms with Gasteiger partial charge in [0.15, 0.2) is 0 Å². The zero-order chi connectivity index (χ0) is 13.0. The molecule has 0 spiro atoms. The number of nitrogens with one attached hydrogen (secondary N) is 1. The fourth-order valence-corrected chi connectivity index (χ4v) is 2.14. The zero-order valence-electron chi connectivity index (χ0n) is 10.5. The Bertz CT molecular complexity index is 383. The van der Waals surface area contributed by atoms with Crippen molar-refractivity contribution in [3.8, 4) is 5.75 Å². The number of hydrogen-bond acceptors (Lipinski definition) is 3. The Morgan fingerprint density at radius 2 is 1.83 bits per heavy atom. The minimum Gasteiger partial charge on any atom is -0.497 e. The Morgan fingerprint density at radius 1 is 1.22 bits per heavy atom. The highest BCUT2D eigenvalue weighted by molar-refractivity contribution is 5.30. The van der Waals surface area contributed by atoms with E-state index in [-0.39, 0.29) is 11.3 Å². The highest BCUT2D eigenvalue weighted by Crippen LogP contribution is 2.21. The molecule has 1 aliphatic heterocycles. The van der Waals surface area contributed by atoms with Gasteiger partial charge < -0.3 is 15.0 Å². The molecule has 0 atom stereocenters. The molecule has 1 aromatic rings. The van der Waals surface area contributed by atoms with Gasteiger partial charge in [-0.05, 0) is 6.42 Å². The first kappa shape index (κ1) is 13.2. The molecule has 1 aromatic carbocycles. The molecule has 0 amide bonds. The molecule has 0 aromatic heterocycles. The first-order valence-electron chi connectivity index (χ1n) is 6.15. The molecule has 3 nitrogen and oxygen atoms in total. The van der Waals surface area contributed by atoms with E-state index in [1.165, 1.54) is 19.2 Å². The third-order valence-electron chi connectivity index (χ3n) is 3.24. The largest absolute Gasteiger partial charge is 0.497 e. The predicted molar refractivity (Wildman–Crippen MR) is 65.9 cm³/mol. The van der Waals surface area contributed by atoms with Gasteiger partial charge in [-0.2, -0.15) is 0 Å². The Morgan fingerprint density at radius 3 is 2.39 bits per heavy atom. The standard InChI is InChI=1S/C13H18F2N2O/c1-18-10-8-12(14)11(13(15)9-10)2-5-17-6-3-16-4-7-17/h8-9,16H,2-7H2,1H3. The van der Waals surface area contributed by atoms with E-state index in [0.29, 0.717) is 13.0 Å². The van der Waals surface area contributed by atoms with Crippen LogP contribution >= 0.6 is 0 Å². The number of nitrogens with zero attached hydrogens (tertiary/aromatic N) is 1. The minimum atomic E-state index is -0.526. The van der Waals surface area contributed by atoms with Crippen LogP contribution in [0.1, 0.15) is 5.56 Å². The van der Waals surface area contributed by atoms with Gasteiger partial charge in [-0.25, -0.2) is 8.78 Å². The Kier molecular flexibility index (Phi) is 4.49. The summed E-state index contributed by atoms with van der Waals surface area (Å²) in [5, 5.41) is 3.24. The molecule has 1 N–H and O–H groups in total. The van der Waals surface area contributed by atoms with Crippen LogP contribution in [0, 0.1) is 11.6 Å². The van der Waals surface area contributed by atoms with Crippen molar-refractivity contribution in [2.24, 2.45) is 0 Å². The highest BCUT2D eigenvalue weighted by Gasteiger charge is 2.14. The summed E-state index contributed by atoms with van der Waals surface area (Å²) in [5.41, 5.74) is 0.148. The van der Waals surface area contributed by atoms with E-state index in [0.717, 1.165) is 26.2 Å². The molecule has 5 heteroatoms. The Hall–Kier alpha value is -1.20. The van der Waals surface area contributed by atoms with Crippen LogP contribution in [-0.4, -0.2) is 44.7 Å². The van der Waals surface area contributed by atoms with E-state index in [1.54, 1.807) is 0 Å². The summed E-state index contributed by atoms with van der Waals surface area (Å²) in [4.78, 5) is 2.21. The van der Waals surface area contributed by atoms with Crippen LogP contribution in [0.5, 0.6) is 5.75 Å². The maximum Gasteiger partial charge on any atom is 0.133 e. The maximum absolute atomic E-state index is 13.7. The molecule has 1 aliphatic rings. The van der Waals surface area contributed by atoms with Crippen LogP contribution in [-0.2, 0) is 6.42 Å². The third kappa shape index (κ3) is 3.17. The summed E-state index contributed by atoms with van der Waals surface area (Å²) in [6.07, 6.45) is 0.391. The molecule has 18 heavy (non-hydrogen) atoms. The lowest BCUT2D eigenvalue weighted by molar-refractivity contribution is 0.242. The molecular formula is C13H18F2N2O. The average molecular weight is 256 g/mol. The quantitative estimate of drug-likeness (QED) is 0.882. The van der Waals surface area contributed by atoms with Crippen LogP contribution < -0.4 is 10.1 Å². The molecule has 0 aliphatic carbocycles. The SMILES string of the molecule is COc1cc(F)c(CCN2CCNCC2)c(F)c1. The zero-order valence-corrected chi connectivity index (χ0v) is 10.5. The van der Waals surface area contributed by atoms with Crippen LogP contribution in [0.15, 0.2) is 12.1 Å². The Labute approximate surface area is 106 Å². The van der Waals surface area contributed by atoms with Crippen molar-refractivity contribution in [3.63, 3.8) is 0 Å². The number of benzene rings is 1. The third-order valence-corrected chi connectivity index (χ3v) is 3.24. The van der Waals surface area contributed by atoms with Gasteiger partial charge in [0.1, 0.15) is 17.4 Å². The van der Waals surface area contributed by atoms with Gasteiger partial charge in [0.05, 0.1) is 7.11 Å². The lowest BCUT2D eigenvalue weighted by atomic mass is 10.1. The van der Waals surface area contributed by atoms with Crippen molar-refractivity contribution >= 4 is 0 Å². The van der Waals surface area contributed by atoms with Gasteiger partial charge in [-0.15, -0.1) is 0 Å². The van der Waals surface area contributed by atoms with Crippen molar-refractivity contribution in [2.45, 2.75) is 6.42 Å². The second-order valence-electron chi connectivity index (χ2n) is 4.41. The molecule has 0 unspecified atom stereocenters. The van der Waals surface area contributed by atoms with Gasteiger partial charge in [-0.1, -0.05) is 0 Å². The summed E-state index contributed by atoms with van der Waals surface area (Å²) in [7, 11) is 1.40. The van der Waals surface area contributed by atoms with E-state index in [2.05, 4.69) is 10.2 Å². The predicted octanol–water partition coefficient (Wildman–Crippen LogP) is 1.42. The normalized spacial score (nSPS) is 16.8. The first-order chi connectivity index (χ1) is 8.70. The number of ether oxygens (including phenoxy) is 1. The fourth-order valence-electron chi connectivity index (χ4n) is 2.14. The van der Waals surface area contributed by atoms with Gasteiger partial charge >= 0.3 is 0 Å². The maximum atomic E-state index is 13.7. The van der Waals surface area contributed by atoms with Crippen LogP contribution in [0.25, 0.3) is 0 Å². The number of halogens is 2. The van der Waals surface area contributed by atoms with Gasteiger partial charge in [0.2, 0.25) is 0 Å². The molecule has 0 radical (unpaired) electrons. The summed E-state index contributed by atoms with van der Waals surface area (Å²) >= 11 is 0. The summed E-state index contributed by atoms with van der Waals surface area (Å²) < 4.78 is 32.2. The van der Waals surface area contributed by atoms with Crippen molar-refractivity contribution in [3.05, 3.63) is 29.3 Å². The number of hydrogen-bond donors (Lipinski definition) is 1. The second-order valence-corrected chi connectivity index (χ2v) is 4.41. The van der Waals surface area contributed by atoms with E-state index in [1.807, 2.05) is 0 Å². The number of methoxy groups -OCH3 is 1. The Balaban J connectivity index is 2.00. The topological polar surface area (TPSA) is 24.5 Å². The van der Waals surface area contributed by atoms with Crippen LogP contribution in [0.3, 0.4) is 0 Å². The first-order valence-corrected chi connectivity index (χ1v) is 6.15. The molecule has 2 rings (SSSR count). The van der Waals surface area contributed by atoms with Gasteiger partial charge in [0, 0.05) is 50.4 Å². The molecule has 0 bridgehead atoms. The summed E-state index contributed by atoms with van der Waals surface area (Å²) in [5.74, 6) is -0.833. The van der Waals surface area contributed by atoms with E-state index >= 15 is 0 Å². The van der Waals surface area contributed by atoms with Crippen molar-refractivity contribution < 1.29 is 13.5 Å². The van der Waals surface area contributed by atoms with Gasteiger partial charge in [-0.3, -0.25) is 0 Å². The van der Waals surface area contributed by atoms with E-state index < -0.39 is 11.6 Å². The summed E-state index contributed by atoms with van der Waals surface area (Å²) in [6, 6.07) is 2.46. The second kappa shape index (κ2) is 6.11. The molecule has 1 fully saturated rings. The number of piperazine rings is 1. The van der Waals surface area contributed by atoms with E-state index in [9.17, 15) is 8.78 Å². The molecule has 1 heterocycles. The minimum absolute atomic E-state index is 0.148. The lowest BCUT2D eigenvalue weighted by Gasteiger charge is -2.27. The fraction of sp³-hybridized carbons (Fsp3) is 0.538. The molecular weight excluding hydrogens is 238 g/mol. The van der Waals surface area contributed by atoms with Gasteiger partial charge in [0.25, 0.3) is 0 Å². The monoisotopic (exact) mass is 256 g/mol. The molecule has 1 saturated heterocycles. The van der Waals surface area contributed by atoms with Crippen LogP contribution in [0.2, 0.25) is 0 Å². The molecule has 100 valence electrons. The highest BCUT2D eigenvalue weighted by atomic mass is 19.1. The van der Waals surface area contributed by atoms with Crippen molar-refractivity contribution in [1.82, 2.24) is 10.2 Å². The van der Waals surface area contributed by atoms with Crippen LogP contribution in [0.4, 0.5) is 8.78 Å². The smallest absolute Gasteiger partial charge is 0.133 e. The number of rotatable bonds is 4. The van der Waals surface area contributed by atoms with Crippen molar-refractivity contribution in [2.75, 3.05) is 39.8 Å². The molecule has 0 saturated carbocycles. The average Bonchev–Trinajstić information content (AvgIpc) is 2.38. The van der Waals surface area contributed by atoms with Crippen molar-refractivity contribution in [1.29, 1.82) is 0 Å². The summed E-state index contributed by atoms with van der Waals surface area (Å²) in [6.45, 7) is 4.42. The lowest BCUT2D eigenvalue weighted by Crippen LogP contribution is -2.44. The van der Waals surface area contributed by atoms with E-state index in [4.69, 9.17) is 4.74 Å².